The number of anilines is 1. The maximum atomic E-state index is 14.0. The third kappa shape index (κ3) is 6.69. The number of para-hydroxylation sites is 1. The van der Waals surface area contributed by atoms with E-state index in [2.05, 4.69) is 46.9 Å². The van der Waals surface area contributed by atoms with Crippen LogP contribution in [0.1, 0.15) is 80.9 Å². The summed E-state index contributed by atoms with van der Waals surface area (Å²) in [7, 11) is 4.70. The van der Waals surface area contributed by atoms with Crippen molar-refractivity contribution in [1.82, 2.24) is 15.6 Å². The minimum atomic E-state index is -0.651. The van der Waals surface area contributed by atoms with Gasteiger partial charge in [0.05, 0.1) is 39.1 Å². The molecule has 2 amide bonds. The zero-order valence-corrected chi connectivity index (χ0v) is 29.1. The number of carbonyl (C=O) groups is 2. The maximum Gasteiger partial charge on any atom is 0.243 e. The Balaban J connectivity index is 1.39. The highest BCUT2D eigenvalue weighted by atomic mass is 16.5. The number of carbonyl (C=O) groups excluding carboxylic acids is 2. The Morgan fingerprint density at radius 3 is 2.41 bits per heavy atom. The summed E-state index contributed by atoms with van der Waals surface area (Å²) < 4.78 is 17.3. The van der Waals surface area contributed by atoms with Crippen LogP contribution >= 0.6 is 0 Å². The quantitative estimate of drug-likeness (QED) is 0.155. The van der Waals surface area contributed by atoms with Gasteiger partial charge in [-0.3, -0.25) is 14.4 Å². The molecule has 3 unspecified atom stereocenters. The second kappa shape index (κ2) is 14.2. The van der Waals surface area contributed by atoms with Crippen LogP contribution in [0.25, 0.3) is 22.0 Å². The minimum absolute atomic E-state index is 0.149. The summed E-state index contributed by atoms with van der Waals surface area (Å²) in [5.41, 5.74) is 6.52. The lowest BCUT2D eigenvalue weighted by Gasteiger charge is -2.27. The molecule has 0 saturated heterocycles. The number of H-pyrrole nitrogens is 1. The Hall–Kier alpha value is -4.99. The van der Waals surface area contributed by atoms with Gasteiger partial charge in [0.25, 0.3) is 0 Å². The number of hydrogen-bond donors (Lipinski definition) is 4. The van der Waals surface area contributed by atoms with Crippen molar-refractivity contribution in [2.45, 2.75) is 77.4 Å². The molecule has 0 aliphatic heterocycles. The van der Waals surface area contributed by atoms with E-state index in [9.17, 15) is 14.4 Å². The summed E-state index contributed by atoms with van der Waals surface area (Å²) in [6.07, 6.45) is 4.46. The fourth-order valence-electron chi connectivity index (χ4n) is 7.55. The van der Waals surface area contributed by atoms with E-state index in [0.29, 0.717) is 47.8 Å². The first-order valence-corrected chi connectivity index (χ1v) is 17.1. The van der Waals surface area contributed by atoms with Crippen LogP contribution in [0.5, 0.6) is 17.2 Å². The number of hydrogen-bond acceptors (Lipinski definition) is 7. The molecule has 2 aliphatic rings. The maximum absolute atomic E-state index is 14.0. The van der Waals surface area contributed by atoms with Gasteiger partial charge >= 0.3 is 0 Å². The molecule has 3 atom stereocenters. The fraction of sp³-hybridized carbons (Fsp3) is 0.410. The van der Waals surface area contributed by atoms with Gasteiger partial charge in [-0.2, -0.15) is 0 Å². The smallest absolute Gasteiger partial charge is 0.243 e. The Morgan fingerprint density at radius 2 is 1.69 bits per heavy atom. The van der Waals surface area contributed by atoms with Gasteiger partial charge in [-0.05, 0) is 91.0 Å². The number of aryl methyl sites for hydroxylation is 2. The molecule has 258 valence electrons. The summed E-state index contributed by atoms with van der Waals surface area (Å²) in [6, 6.07) is 14.1. The van der Waals surface area contributed by atoms with Crippen LogP contribution in [0.2, 0.25) is 0 Å². The third-order valence-electron chi connectivity index (χ3n) is 9.70. The number of methoxy groups -OCH3 is 3. The lowest BCUT2D eigenvalue weighted by atomic mass is 9.91. The molecule has 4 aromatic rings. The van der Waals surface area contributed by atoms with Crippen molar-refractivity contribution in [3.63, 3.8) is 0 Å². The van der Waals surface area contributed by atoms with E-state index in [1.165, 1.54) is 17.9 Å². The minimum Gasteiger partial charge on any atom is -0.493 e. The second-order valence-electron chi connectivity index (χ2n) is 13.4. The summed E-state index contributed by atoms with van der Waals surface area (Å²) in [5, 5.41) is 10.9. The Labute approximate surface area is 286 Å². The van der Waals surface area contributed by atoms with E-state index in [-0.39, 0.29) is 29.2 Å². The average molecular weight is 667 g/mol. The number of rotatable bonds is 10. The molecule has 0 bridgehead atoms. The zero-order chi connectivity index (χ0) is 34.8. The SMILES string of the molecule is COc1cc2c(c(OC)c1OC)-c1ccc(NC(CC(C)C)C(=O)NC3CCCc4c3[nH]c3ccccc43)c(=O)cc1C(NC(C)=O)CC2. The van der Waals surface area contributed by atoms with Crippen molar-refractivity contribution in [3.05, 3.63) is 81.1 Å². The number of aromatic nitrogens is 1. The van der Waals surface area contributed by atoms with Gasteiger partial charge in [0.2, 0.25) is 23.0 Å². The molecule has 3 aromatic carbocycles. The number of amides is 2. The molecular weight excluding hydrogens is 620 g/mol. The normalized spacial score (nSPS) is 17.2. The third-order valence-corrected chi connectivity index (χ3v) is 9.70. The highest BCUT2D eigenvalue weighted by Gasteiger charge is 2.31. The Bertz CT molecular complexity index is 1950. The van der Waals surface area contributed by atoms with Crippen LogP contribution in [-0.2, 0) is 22.4 Å². The predicted octanol–water partition coefficient (Wildman–Crippen LogP) is 6.36. The molecule has 0 saturated carbocycles. The van der Waals surface area contributed by atoms with E-state index in [4.69, 9.17) is 14.2 Å². The summed E-state index contributed by atoms with van der Waals surface area (Å²) in [4.78, 5) is 44.0. The van der Waals surface area contributed by atoms with Crippen LogP contribution in [-0.4, -0.2) is 44.2 Å². The number of benzene rings is 2. The largest absolute Gasteiger partial charge is 0.493 e. The first kappa shape index (κ1) is 33.9. The first-order chi connectivity index (χ1) is 23.6. The molecule has 2 aliphatic carbocycles. The van der Waals surface area contributed by atoms with Gasteiger partial charge in [-0.1, -0.05) is 38.1 Å². The standard InChI is InChI=1S/C39H46N4O6/c1-21(2)18-32(39(46)43-31-13-9-11-26-24-10-7-8-12-28(24)42-36(26)31)41-30-17-15-25-27(20-33(30)45)29(40-22(3)44)16-14-23-19-34(47-4)37(48-5)38(49-6)35(23)25/h7-8,10,12,15,17,19-21,29,31-32,42H,9,11,13-14,16,18H2,1-6H3,(H,40,44)(H,41,45)(H,43,46). The number of nitrogens with one attached hydrogen (secondary N) is 4. The number of aromatic amines is 1. The molecule has 6 rings (SSSR count). The Kier molecular flexibility index (Phi) is 9.85. The van der Waals surface area contributed by atoms with E-state index >= 15 is 0 Å². The topological polar surface area (TPSA) is 131 Å². The van der Waals surface area contributed by atoms with E-state index in [0.717, 1.165) is 47.2 Å². The summed E-state index contributed by atoms with van der Waals surface area (Å²) >= 11 is 0. The monoisotopic (exact) mass is 666 g/mol. The van der Waals surface area contributed by atoms with Crippen molar-refractivity contribution in [1.29, 1.82) is 0 Å². The average Bonchev–Trinajstić information content (AvgIpc) is 3.31. The first-order valence-electron chi connectivity index (χ1n) is 17.1. The zero-order valence-electron chi connectivity index (χ0n) is 29.1. The molecule has 49 heavy (non-hydrogen) atoms. The highest BCUT2D eigenvalue weighted by Crippen LogP contribution is 2.50. The van der Waals surface area contributed by atoms with Crippen LogP contribution < -0.4 is 35.6 Å². The van der Waals surface area contributed by atoms with Crippen molar-refractivity contribution in [3.8, 4) is 28.4 Å². The van der Waals surface area contributed by atoms with Gasteiger partial charge < -0.3 is 35.1 Å². The number of ether oxygens (including phenoxy) is 3. The van der Waals surface area contributed by atoms with Gasteiger partial charge in [-0.25, -0.2) is 0 Å². The van der Waals surface area contributed by atoms with Gasteiger partial charge in [-0.15, -0.1) is 0 Å². The van der Waals surface area contributed by atoms with E-state index < -0.39 is 12.1 Å². The molecule has 10 nitrogen and oxygen atoms in total. The molecule has 0 radical (unpaired) electrons. The van der Waals surface area contributed by atoms with Crippen LogP contribution in [0.3, 0.4) is 0 Å². The molecule has 4 N–H and O–H groups in total. The summed E-state index contributed by atoms with van der Waals surface area (Å²) in [5.74, 6) is 1.29. The number of fused-ring (bicyclic) bond motifs is 6. The second-order valence-corrected chi connectivity index (χ2v) is 13.4. The summed E-state index contributed by atoms with van der Waals surface area (Å²) in [6.45, 7) is 5.59. The van der Waals surface area contributed by atoms with Gasteiger partial charge in [0.1, 0.15) is 6.04 Å². The lowest BCUT2D eigenvalue weighted by Crippen LogP contribution is -2.43. The van der Waals surface area contributed by atoms with E-state index in [1.54, 1.807) is 33.5 Å². The molecular formula is C39H46N4O6. The van der Waals surface area contributed by atoms with Crippen molar-refractivity contribution >= 4 is 28.4 Å². The van der Waals surface area contributed by atoms with Crippen molar-refractivity contribution in [2.75, 3.05) is 26.6 Å². The fourth-order valence-corrected chi connectivity index (χ4v) is 7.55. The van der Waals surface area contributed by atoms with Crippen molar-refractivity contribution < 1.29 is 23.8 Å². The molecule has 0 fully saturated rings. The van der Waals surface area contributed by atoms with E-state index in [1.807, 2.05) is 24.3 Å². The van der Waals surface area contributed by atoms with Gasteiger partial charge in [0, 0.05) is 29.1 Å². The molecule has 10 heteroatoms. The Morgan fingerprint density at radius 1 is 0.918 bits per heavy atom. The molecule has 0 spiro atoms. The van der Waals surface area contributed by atoms with Crippen molar-refractivity contribution in [2.24, 2.45) is 5.92 Å². The highest BCUT2D eigenvalue weighted by molar-refractivity contribution is 5.88. The molecule has 1 heterocycles. The van der Waals surface area contributed by atoms with Crippen LogP contribution in [0.15, 0.2) is 53.3 Å². The predicted molar refractivity (Wildman–Crippen MR) is 192 cm³/mol. The van der Waals surface area contributed by atoms with Crippen LogP contribution in [0.4, 0.5) is 5.69 Å². The van der Waals surface area contributed by atoms with Gasteiger partial charge in [0.15, 0.2) is 11.5 Å². The molecule has 1 aromatic heterocycles. The lowest BCUT2D eigenvalue weighted by molar-refractivity contribution is -0.123. The van der Waals surface area contributed by atoms with Crippen LogP contribution in [0, 0.1) is 5.92 Å².